The monoisotopic (exact) mass is 313 g/mol. The van der Waals surface area contributed by atoms with Crippen LogP contribution in [0.2, 0.25) is 0 Å². The number of rotatable bonds is 9. The summed E-state index contributed by atoms with van der Waals surface area (Å²) >= 11 is 0. The van der Waals surface area contributed by atoms with E-state index >= 15 is 0 Å². The lowest BCUT2D eigenvalue weighted by Gasteiger charge is -2.11. The third-order valence-electron chi connectivity index (χ3n) is 3.31. The molecule has 0 aliphatic heterocycles. The van der Waals surface area contributed by atoms with Gasteiger partial charge in [-0.15, -0.1) is 0 Å². The zero-order chi connectivity index (χ0) is 16.3. The molecule has 4 heteroatoms. The molecule has 23 heavy (non-hydrogen) atoms. The maximum absolute atomic E-state index is 11.9. The summed E-state index contributed by atoms with van der Waals surface area (Å²) in [5.74, 6) is 1.68. The lowest BCUT2D eigenvalue weighted by molar-refractivity contribution is -0.121. The second-order valence-electron chi connectivity index (χ2n) is 5.08. The van der Waals surface area contributed by atoms with Crippen molar-refractivity contribution in [3.8, 4) is 11.5 Å². The second kappa shape index (κ2) is 9.51. The van der Waals surface area contributed by atoms with E-state index in [9.17, 15) is 4.79 Å². The molecule has 2 rings (SSSR count). The Labute approximate surface area is 137 Å². The molecule has 0 aliphatic carbocycles. The number of benzene rings is 2. The Morgan fingerprint density at radius 2 is 1.74 bits per heavy atom. The van der Waals surface area contributed by atoms with Crippen LogP contribution < -0.4 is 14.8 Å². The molecule has 0 saturated heterocycles. The van der Waals surface area contributed by atoms with Gasteiger partial charge in [-0.2, -0.15) is 0 Å². The van der Waals surface area contributed by atoms with E-state index in [2.05, 4.69) is 5.32 Å². The first kappa shape index (κ1) is 16.9. The van der Waals surface area contributed by atoms with Crippen molar-refractivity contribution >= 4 is 5.91 Å². The van der Waals surface area contributed by atoms with Gasteiger partial charge in [0.1, 0.15) is 11.5 Å². The van der Waals surface area contributed by atoms with Gasteiger partial charge in [0.25, 0.3) is 0 Å². The van der Waals surface area contributed by atoms with Crippen LogP contribution in [0, 0.1) is 0 Å². The fraction of sp³-hybridized carbons (Fsp3) is 0.316. The highest BCUT2D eigenvalue weighted by Crippen LogP contribution is 2.17. The molecule has 1 amide bonds. The maximum atomic E-state index is 11.9. The van der Waals surface area contributed by atoms with Gasteiger partial charge in [-0.25, -0.2) is 0 Å². The number of carbonyl (C=O) groups is 1. The summed E-state index contributed by atoms with van der Waals surface area (Å²) in [4.78, 5) is 11.9. The zero-order valence-electron chi connectivity index (χ0n) is 13.5. The summed E-state index contributed by atoms with van der Waals surface area (Å²) in [6, 6.07) is 17.4. The van der Waals surface area contributed by atoms with Gasteiger partial charge in [-0.1, -0.05) is 36.4 Å². The molecule has 4 nitrogen and oxygen atoms in total. The Morgan fingerprint density at radius 1 is 1.00 bits per heavy atom. The lowest BCUT2D eigenvalue weighted by Crippen LogP contribution is -2.23. The van der Waals surface area contributed by atoms with Gasteiger partial charge in [0, 0.05) is 18.5 Å². The average molecular weight is 313 g/mol. The minimum Gasteiger partial charge on any atom is -0.494 e. The van der Waals surface area contributed by atoms with Gasteiger partial charge >= 0.3 is 0 Å². The number of para-hydroxylation sites is 2. The van der Waals surface area contributed by atoms with Crippen LogP contribution >= 0.6 is 0 Å². The van der Waals surface area contributed by atoms with E-state index in [1.807, 2.05) is 61.5 Å². The first-order valence-corrected chi connectivity index (χ1v) is 7.95. The standard InChI is InChI=1S/C19H23NO3/c1-2-22-18-12-7-6-9-16(18)15-20-19(21)13-8-14-23-17-10-4-3-5-11-17/h3-7,9-12H,2,8,13-15H2,1H3,(H,20,21). The second-order valence-corrected chi connectivity index (χ2v) is 5.08. The predicted molar refractivity (Wildman–Crippen MR) is 90.6 cm³/mol. The number of hydrogen-bond donors (Lipinski definition) is 1. The number of ether oxygens (including phenoxy) is 2. The van der Waals surface area contributed by atoms with Crippen molar-refractivity contribution in [3.63, 3.8) is 0 Å². The molecule has 2 aromatic carbocycles. The van der Waals surface area contributed by atoms with Crippen molar-refractivity contribution in [2.45, 2.75) is 26.3 Å². The highest BCUT2D eigenvalue weighted by molar-refractivity contribution is 5.75. The van der Waals surface area contributed by atoms with E-state index in [-0.39, 0.29) is 5.91 Å². The minimum atomic E-state index is 0.0213. The smallest absolute Gasteiger partial charge is 0.220 e. The molecule has 0 unspecified atom stereocenters. The fourth-order valence-electron chi connectivity index (χ4n) is 2.17. The van der Waals surface area contributed by atoms with Gasteiger partial charge in [-0.3, -0.25) is 4.79 Å². The van der Waals surface area contributed by atoms with E-state index in [1.54, 1.807) is 0 Å². The lowest BCUT2D eigenvalue weighted by atomic mass is 10.2. The molecule has 0 fully saturated rings. The Balaban J connectivity index is 1.67. The van der Waals surface area contributed by atoms with Gasteiger partial charge in [0.15, 0.2) is 0 Å². The summed E-state index contributed by atoms with van der Waals surface area (Å²) in [6.45, 7) is 3.57. The molecule has 0 aromatic heterocycles. The number of carbonyl (C=O) groups excluding carboxylic acids is 1. The molecule has 1 N–H and O–H groups in total. The predicted octanol–water partition coefficient (Wildman–Crippen LogP) is 3.56. The molecule has 0 atom stereocenters. The van der Waals surface area contributed by atoms with Crippen molar-refractivity contribution in [2.24, 2.45) is 0 Å². The van der Waals surface area contributed by atoms with Gasteiger partial charge < -0.3 is 14.8 Å². The van der Waals surface area contributed by atoms with Crippen LogP contribution in [0.1, 0.15) is 25.3 Å². The number of hydrogen-bond acceptors (Lipinski definition) is 3. The molecule has 2 aromatic rings. The van der Waals surface area contributed by atoms with Crippen molar-refractivity contribution in [1.29, 1.82) is 0 Å². The number of amides is 1. The van der Waals surface area contributed by atoms with Gasteiger partial charge in [0.05, 0.1) is 13.2 Å². The van der Waals surface area contributed by atoms with E-state index in [0.717, 1.165) is 17.1 Å². The van der Waals surface area contributed by atoms with E-state index < -0.39 is 0 Å². The molecule has 122 valence electrons. The van der Waals surface area contributed by atoms with Crippen LogP contribution in [-0.4, -0.2) is 19.1 Å². The van der Waals surface area contributed by atoms with Crippen LogP contribution in [0.3, 0.4) is 0 Å². The number of nitrogens with one attached hydrogen (secondary N) is 1. The van der Waals surface area contributed by atoms with E-state index in [4.69, 9.17) is 9.47 Å². The molecular weight excluding hydrogens is 290 g/mol. The topological polar surface area (TPSA) is 47.6 Å². The summed E-state index contributed by atoms with van der Waals surface area (Å²) < 4.78 is 11.1. The maximum Gasteiger partial charge on any atom is 0.220 e. The van der Waals surface area contributed by atoms with Crippen molar-refractivity contribution in [2.75, 3.05) is 13.2 Å². The Morgan fingerprint density at radius 3 is 2.52 bits per heavy atom. The third kappa shape index (κ3) is 6.02. The Hall–Kier alpha value is -2.49. The van der Waals surface area contributed by atoms with Crippen LogP contribution in [0.4, 0.5) is 0 Å². The molecule has 0 radical (unpaired) electrons. The average Bonchev–Trinajstić information content (AvgIpc) is 2.59. The largest absolute Gasteiger partial charge is 0.494 e. The molecule has 0 bridgehead atoms. The van der Waals surface area contributed by atoms with E-state index in [0.29, 0.717) is 32.6 Å². The third-order valence-corrected chi connectivity index (χ3v) is 3.31. The van der Waals surface area contributed by atoms with Crippen molar-refractivity contribution in [1.82, 2.24) is 5.32 Å². The highest BCUT2D eigenvalue weighted by atomic mass is 16.5. The van der Waals surface area contributed by atoms with Gasteiger partial charge in [0.2, 0.25) is 5.91 Å². The summed E-state index contributed by atoms with van der Waals surface area (Å²) in [5, 5.41) is 2.92. The van der Waals surface area contributed by atoms with Crippen molar-refractivity contribution < 1.29 is 14.3 Å². The van der Waals surface area contributed by atoms with Crippen molar-refractivity contribution in [3.05, 3.63) is 60.2 Å². The van der Waals surface area contributed by atoms with Crippen LogP contribution in [-0.2, 0) is 11.3 Å². The van der Waals surface area contributed by atoms with Crippen LogP contribution in [0.15, 0.2) is 54.6 Å². The molecule has 0 saturated carbocycles. The normalized spacial score (nSPS) is 10.1. The minimum absolute atomic E-state index is 0.0213. The summed E-state index contributed by atoms with van der Waals surface area (Å²) in [6.07, 6.45) is 1.14. The van der Waals surface area contributed by atoms with Crippen LogP contribution in [0.5, 0.6) is 11.5 Å². The van der Waals surface area contributed by atoms with E-state index in [1.165, 1.54) is 0 Å². The van der Waals surface area contributed by atoms with Crippen LogP contribution in [0.25, 0.3) is 0 Å². The zero-order valence-corrected chi connectivity index (χ0v) is 13.5. The SMILES string of the molecule is CCOc1ccccc1CNC(=O)CCCOc1ccccc1. The summed E-state index contributed by atoms with van der Waals surface area (Å²) in [7, 11) is 0. The highest BCUT2D eigenvalue weighted by Gasteiger charge is 2.05. The quantitative estimate of drug-likeness (QED) is 0.720. The first-order valence-electron chi connectivity index (χ1n) is 7.95. The summed E-state index contributed by atoms with van der Waals surface area (Å²) in [5.41, 5.74) is 0.989. The molecule has 0 heterocycles. The molecule has 0 spiro atoms. The Bertz CT molecular complexity index is 599. The fourth-order valence-corrected chi connectivity index (χ4v) is 2.17. The van der Waals surface area contributed by atoms with Gasteiger partial charge in [-0.05, 0) is 31.5 Å². The molecular formula is C19H23NO3. The first-order chi connectivity index (χ1) is 11.3. The molecule has 0 aliphatic rings. The Kier molecular flexibility index (Phi) is 6.98.